The van der Waals surface area contributed by atoms with Gasteiger partial charge >= 0.3 is 6.03 Å². The average molecular weight is 584 g/mol. The summed E-state index contributed by atoms with van der Waals surface area (Å²) in [5, 5.41) is 22.0. The predicted molar refractivity (Wildman–Crippen MR) is 132 cm³/mol. The Morgan fingerprint density at radius 1 is 1.07 bits per heavy atom. The summed E-state index contributed by atoms with van der Waals surface area (Å²) >= 11 is 6.36. The molecular formula is C23H19ClF5N9O2. The third kappa shape index (κ3) is 5.53. The number of fused-ring (bicyclic) bond motifs is 1. The van der Waals surface area contributed by atoms with E-state index in [-0.39, 0.29) is 34.6 Å². The Morgan fingerprint density at radius 3 is 2.52 bits per heavy atom. The lowest BCUT2D eigenvalue weighted by Gasteiger charge is -2.37. The standard InChI is InChI=1S/C23H19ClF5N9O2/c1-35-10-30-20(34-35)9-38-22(39)32-21(37(23(38)40)7-11-2-15(26)16(27)5-14(11)25)31-18-3-12-6-36(8-19(28)29)33-17(12)4-13(18)24/h2-6,10,19,22,39H,7-9H2,1H3,(H,31,32). The molecule has 210 valence electrons. The summed E-state index contributed by atoms with van der Waals surface area (Å²) in [6.07, 6.45) is -1.65. The van der Waals surface area contributed by atoms with E-state index >= 15 is 0 Å². The Hall–Kier alpha value is -4.31. The minimum absolute atomic E-state index is 0.0542. The summed E-state index contributed by atoms with van der Waals surface area (Å²) in [5.41, 5.74) is 0.0663. The van der Waals surface area contributed by atoms with Crippen molar-refractivity contribution >= 4 is 40.2 Å². The number of aliphatic hydroxyl groups excluding tert-OH is 1. The Labute approximate surface area is 227 Å². The van der Waals surface area contributed by atoms with Gasteiger partial charge in [-0.15, -0.1) is 0 Å². The first-order valence-corrected chi connectivity index (χ1v) is 11.9. The molecule has 40 heavy (non-hydrogen) atoms. The Balaban J connectivity index is 1.51. The molecule has 0 saturated carbocycles. The molecule has 0 bridgehead atoms. The molecule has 0 aliphatic carbocycles. The minimum Gasteiger partial charge on any atom is -0.355 e. The first-order chi connectivity index (χ1) is 19.0. The molecule has 2 amide bonds. The number of alkyl halides is 2. The second kappa shape index (κ2) is 10.7. The first kappa shape index (κ1) is 27.3. The lowest BCUT2D eigenvalue weighted by atomic mass is 10.2. The molecule has 1 atom stereocenters. The van der Waals surface area contributed by atoms with Crippen LogP contribution in [0.1, 0.15) is 11.4 Å². The molecule has 0 spiro atoms. The highest BCUT2D eigenvalue weighted by Gasteiger charge is 2.36. The average Bonchev–Trinajstić information content (AvgIpc) is 3.46. The molecule has 17 heteroatoms. The van der Waals surface area contributed by atoms with Crippen molar-refractivity contribution < 1.29 is 31.9 Å². The van der Waals surface area contributed by atoms with E-state index in [1.165, 1.54) is 29.3 Å². The number of nitrogens with one attached hydrogen (secondary N) is 1. The highest BCUT2D eigenvalue weighted by atomic mass is 35.5. The van der Waals surface area contributed by atoms with Crippen molar-refractivity contribution in [1.29, 1.82) is 0 Å². The molecule has 0 radical (unpaired) electrons. The number of hydrogen-bond donors (Lipinski definition) is 2. The number of rotatable bonds is 7. The van der Waals surface area contributed by atoms with Crippen LogP contribution < -0.4 is 5.32 Å². The predicted octanol–water partition coefficient (Wildman–Crippen LogP) is 3.68. The van der Waals surface area contributed by atoms with E-state index in [1.54, 1.807) is 7.05 Å². The zero-order chi connectivity index (χ0) is 28.7. The van der Waals surface area contributed by atoms with Gasteiger partial charge in [-0.2, -0.15) is 15.2 Å². The van der Waals surface area contributed by atoms with E-state index in [4.69, 9.17) is 11.6 Å². The molecule has 1 aliphatic heterocycles. The van der Waals surface area contributed by atoms with Crippen molar-refractivity contribution in [2.24, 2.45) is 12.0 Å². The fourth-order valence-corrected chi connectivity index (χ4v) is 4.20. The van der Waals surface area contributed by atoms with Gasteiger partial charge in [0.1, 0.15) is 18.7 Å². The number of amides is 2. The lowest BCUT2D eigenvalue weighted by Crippen LogP contribution is -2.56. The summed E-state index contributed by atoms with van der Waals surface area (Å²) in [5.74, 6) is -4.02. The van der Waals surface area contributed by atoms with Gasteiger partial charge in [0.25, 0.3) is 6.43 Å². The quantitative estimate of drug-likeness (QED) is 0.253. The van der Waals surface area contributed by atoms with E-state index < -0.39 is 49.3 Å². The monoisotopic (exact) mass is 583 g/mol. The van der Waals surface area contributed by atoms with Crippen LogP contribution in [-0.4, -0.2) is 64.2 Å². The van der Waals surface area contributed by atoms with Crippen LogP contribution in [0.5, 0.6) is 0 Å². The van der Waals surface area contributed by atoms with E-state index in [9.17, 15) is 31.9 Å². The number of aliphatic hydroxyl groups is 1. The van der Waals surface area contributed by atoms with Crippen molar-refractivity contribution in [2.75, 3.05) is 5.32 Å². The fraction of sp³-hybridized carbons (Fsp3) is 0.261. The molecule has 11 nitrogen and oxygen atoms in total. The van der Waals surface area contributed by atoms with Crippen LogP contribution in [0.3, 0.4) is 0 Å². The molecular weight excluding hydrogens is 565 g/mol. The molecule has 2 N–H and O–H groups in total. The van der Waals surface area contributed by atoms with E-state index in [1.807, 2.05) is 0 Å². The third-order valence-electron chi connectivity index (χ3n) is 5.84. The molecule has 2 aromatic heterocycles. The number of aromatic nitrogens is 5. The van der Waals surface area contributed by atoms with Crippen molar-refractivity contribution in [3.8, 4) is 0 Å². The van der Waals surface area contributed by atoms with Crippen molar-refractivity contribution in [2.45, 2.75) is 32.4 Å². The maximum atomic E-state index is 14.5. The van der Waals surface area contributed by atoms with Gasteiger partial charge in [-0.3, -0.25) is 19.2 Å². The number of carbonyl (C=O) groups excluding carboxylic acids is 1. The first-order valence-electron chi connectivity index (χ1n) is 11.5. The largest absolute Gasteiger partial charge is 0.355 e. The number of urea groups is 1. The lowest BCUT2D eigenvalue weighted by molar-refractivity contribution is 0.0140. The smallest absolute Gasteiger partial charge is 0.331 e. The van der Waals surface area contributed by atoms with Gasteiger partial charge in [-0.1, -0.05) is 11.6 Å². The molecule has 0 saturated heterocycles. The van der Waals surface area contributed by atoms with Crippen molar-refractivity contribution in [3.05, 3.63) is 70.7 Å². The van der Waals surface area contributed by atoms with Crippen LogP contribution in [-0.2, 0) is 26.7 Å². The minimum atomic E-state index is -2.64. The van der Waals surface area contributed by atoms with Crippen molar-refractivity contribution in [1.82, 2.24) is 34.3 Å². The topological polar surface area (TPSA) is 117 Å². The normalized spacial score (nSPS) is 15.9. The maximum absolute atomic E-state index is 14.5. The third-order valence-corrected chi connectivity index (χ3v) is 6.15. The number of carbonyl (C=O) groups is 1. The number of anilines is 1. The number of nitrogens with zero attached hydrogens (tertiary/aromatic N) is 8. The Kier molecular flexibility index (Phi) is 7.29. The summed E-state index contributed by atoms with van der Waals surface area (Å²) in [6, 6.07) is 2.88. The number of aryl methyl sites for hydroxylation is 1. The van der Waals surface area contributed by atoms with Gasteiger partial charge in [-0.05, 0) is 18.2 Å². The zero-order valence-corrected chi connectivity index (χ0v) is 21.2. The maximum Gasteiger partial charge on any atom is 0.331 e. The Bertz CT molecular complexity index is 1630. The summed E-state index contributed by atoms with van der Waals surface area (Å²) in [7, 11) is 1.60. The van der Waals surface area contributed by atoms with Crippen LogP contribution in [0, 0.1) is 17.5 Å². The van der Waals surface area contributed by atoms with Gasteiger partial charge in [0, 0.05) is 30.3 Å². The van der Waals surface area contributed by atoms with Crippen LogP contribution in [0.4, 0.5) is 32.4 Å². The number of guanidine groups is 1. The summed E-state index contributed by atoms with van der Waals surface area (Å²) in [4.78, 5) is 23.4. The summed E-state index contributed by atoms with van der Waals surface area (Å²) < 4.78 is 70.0. The van der Waals surface area contributed by atoms with Crippen LogP contribution in [0.2, 0.25) is 5.02 Å². The van der Waals surface area contributed by atoms with Crippen LogP contribution in [0.15, 0.2) is 41.8 Å². The number of aliphatic imine (C=N–C) groups is 1. The molecule has 3 heterocycles. The molecule has 1 unspecified atom stereocenters. The second-order valence-electron chi connectivity index (χ2n) is 8.75. The van der Waals surface area contributed by atoms with Crippen molar-refractivity contribution in [3.63, 3.8) is 0 Å². The van der Waals surface area contributed by atoms with E-state index in [2.05, 4.69) is 25.5 Å². The van der Waals surface area contributed by atoms with Gasteiger partial charge in [0.2, 0.25) is 12.3 Å². The van der Waals surface area contributed by atoms with Gasteiger partial charge in [0.05, 0.1) is 29.3 Å². The zero-order valence-electron chi connectivity index (χ0n) is 20.4. The molecule has 4 aromatic rings. The second-order valence-corrected chi connectivity index (χ2v) is 9.15. The molecule has 2 aromatic carbocycles. The van der Waals surface area contributed by atoms with E-state index in [0.29, 0.717) is 23.0 Å². The summed E-state index contributed by atoms with van der Waals surface area (Å²) in [6.45, 7) is -1.56. The van der Waals surface area contributed by atoms with E-state index in [0.717, 1.165) is 14.5 Å². The highest BCUT2D eigenvalue weighted by molar-refractivity contribution is 6.34. The number of hydrogen-bond acceptors (Lipinski definition) is 7. The van der Waals surface area contributed by atoms with Crippen LogP contribution >= 0.6 is 11.6 Å². The van der Waals surface area contributed by atoms with Crippen LogP contribution in [0.25, 0.3) is 10.9 Å². The number of benzene rings is 2. The SMILES string of the molecule is Cn1cnc(CN2C(=O)N(Cc3cc(F)c(F)cc3F)C(Nc3cc4cn(CC(F)F)nc4cc3Cl)=NC2O)n1. The Morgan fingerprint density at radius 2 is 1.82 bits per heavy atom. The fourth-order valence-electron chi connectivity index (χ4n) is 4.00. The van der Waals surface area contributed by atoms with Gasteiger partial charge < -0.3 is 10.4 Å². The molecule has 5 rings (SSSR count). The van der Waals surface area contributed by atoms with Gasteiger partial charge in [-0.25, -0.2) is 31.7 Å². The van der Waals surface area contributed by atoms with Gasteiger partial charge in [0.15, 0.2) is 17.5 Å². The molecule has 1 aliphatic rings. The molecule has 0 fully saturated rings. The highest BCUT2D eigenvalue weighted by Crippen LogP contribution is 2.29. The number of halogens is 6.